The number of hydrogen-bond donors (Lipinski definition) is 0. The normalized spacial score (nSPS) is 20.6. The van der Waals surface area contributed by atoms with E-state index in [1.807, 2.05) is 30.0 Å². The molecule has 1 saturated carbocycles. The van der Waals surface area contributed by atoms with Crippen LogP contribution >= 0.6 is 0 Å². The lowest BCUT2D eigenvalue weighted by Gasteiger charge is -2.23. The average molecular weight is 345 g/mol. The van der Waals surface area contributed by atoms with E-state index in [1.165, 1.54) is 0 Å². The molecule has 2 aliphatic rings. The van der Waals surface area contributed by atoms with Gasteiger partial charge in [-0.05, 0) is 49.4 Å². The molecule has 1 heterocycles. The van der Waals surface area contributed by atoms with Crippen molar-refractivity contribution in [3.8, 4) is 5.75 Å². The van der Waals surface area contributed by atoms with Crippen LogP contribution in [-0.4, -0.2) is 43.1 Å². The maximum absolute atomic E-state index is 13.0. The molecule has 5 heteroatoms. The van der Waals surface area contributed by atoms with E-state index in [0.717, 1.165) is 43.5 Å². The summed E-state index contributed by atoms with van der Waals surface area (Å²) in [4.78, 5) is 26.7. The Morgan fingerprint density at radius 2 is 2.16 bits per heavy atom. The second-order valence-corrected chi connectivity index (χ2v) is 6.88. The van der Waals surface area contributed by atoms with E-state index in [9.17, 15) is 9.59 Å². The van der Waals surface area contributed by atoms with Crippen molar-refractivity contribution in [1.82, 2.24) is 4.90 Å². The van der Waals surface area contributed by atoms with E-state index >= 15 is 0 Å². The zero-order valence-corrected chi connectivity index (χ0v) is 15.1. The summed E-state index contributed by atoms with van der Waals surface area (Å²) in [6.07, 6.45) is 3.69. The van der Waals surface area contributed by atoms with Gasteiger partial charge in [-0.25, -0.2) is 0 Å². The maximum atomic E-state index is 13.0. The fourth-order valence-electron chi connectivity index (χ4n) is 3.40. The molecule has 1 fully saturated rings. The van der Waals surface area contributed by atoms with Crippen LogP contribution in [0.5, 0.6) is 5.75 Å². The first-order valence-electron chi connectivity index (χ1n) is 9.35. The molecule has 0 bridgehead atoms. The summed E-state index contributed by atoms with van der Waals surface area (Å²) in [5.74, 6) is 1.02. The van der Waals surface area contributed by atoms with Gasteiger partial charge in [0, 0.05) is 25.1 Å². The van der Waals surface area contributed by atoms with E-state index in [0.29, 0.717) is 25.3 Å². The molecule has 0 saturated heterocycles. The summed E-state index contributed by atoms with van der Waals surface area (Å²) >= 11 is 0. The SMILES string of the molecule is CCCCN(C[C@@H]1C[C@H]1C(=O)OCC)C(=O)c1ccc2c(c1)CCO2. The summed E-state index contributed by atoms with van der Waals surface area (Å²) in [6, 6.07) is 5.70. The number of rotatable bonds is 8. The highest BCUT2D eigenvalue weighted by atomic mass is 16.5. The number of ether oxygens (including phenoxy) is 2. The Hall–Kier alpha value is -2.04. The third-order valence-electron chi connectivity index (χ3n) is 4.97. The van der Waals surface area contributed by atoms with E-state index in [4.69, 9.17) is 9.47 Å². The van der Waals surface area contributed by atoms with Crippen molar-refractivity contribution in [2.45, 2.75) is 39.5 Å². The molecule has 1 amide bonds. The first-order chi connectivity index (χ1) is 12.1. The van der Waals surface area contributed by atoms with Crippen molar-refractivity contribution in [2.75, 3.05) is 26.3 Å². The Morgan fingerprint density at radius 1 is 1.32 bits per heavy atom. The van der Waals surface area contributed by atoms with Crippen molar-refractivity contribution in [1.29, 1.82) is 0 Å². The van der Waals surface area contributed by atoms with Gasteiger partial charge in [0.1, 0.15) is 5.75 Å². The van der Waals surface area contributed by atoms with E-state index in [1.54, 1.807) is 0 Å². The van der Waals surface area contributed by atoms with Gasteiger partial charge in [-0.1, -0.05) is 13.3 Å². The predicted molar refractivity (Wildman–Crippen MR) is 94.7 cm³/mol. The van der Waals surface area contributed by atoms with Gasteiger partial charge >= 0.3 is 5.97 Å². The lowest BCUT2D eigenvalue weighted by molar-refractivity contribution is -0.145. The van der Waals surface area contributed by atoms with Crippen molar-refractivity contribution in [3.63, 3.8) is 0 Å². The smallest absolute Gasteiger partial charge is 0.309 e. The minimum atomic E-state index is -0.120. The molecule has 25 heavy (non-hydrogen) atoms. The number of benzene rings is 1. The van der Waals surface area contributed by atoms with Crippen LogP contribution in [0.25, 0.3) is 0 Å². The molecule has 0 spiro atoms. The Bertz CT molecular complexity index is 643. The zero-order valence-electron chi connectivity index (χ0n) is 15.1. The molecule has 3 rings (SSSR count). The standard InChI is InChI=1S/C20H27NO4/c1-3-5-9-21(13-16-12-17(16)20(23)24-4-2)19(22)15-6-7-18-14(11-15)8-10-25-18/h6-7,11,16-17H,3-5,8-10,12-13H2,1-2H3/t16-,17+/m0/s1. The van der Waals surface area contributed by atoms with Gasteiger partial charge in [0.05, 0.1) is 19.1 Å². The number of fused-ring (bicyclic) bond motifs is 1. The number of carbonyl (C=O) groups excluding carboxylic acids is 2. The lowest BCUT2D eigenvalue weighted by Crippen LogP contribution is -2.34. The summed E-state index contributed by atoms with van der Waals surface area (Å²) in [5.41, 5.74) is 1.82. The fourth-order valence-corrected chi connectivity index (χ4v) is 3.40. The molecule has 136 valence electrons. The first kappa shape index (κ1) is 17.8. The molecular weight excluding hydrogens is 318 g/mol. The van der Waals surface area contributed by atoms with Crippen LogP contribution in [0, 0.1) is 11.8 Å². The second-order valence-electron chi connectivity index (χ2n) is 6.88. The Kier molecular flexibility index (Phi) is 5.61. The van der Waals surface area contributed by atoms with Crippen molar-refractivity contribution in [3.05, 3.63) is 29.3 Å². The highest BCUT2D eigenvalue weighted by Crippen LogP contribution is 2.40. The Morgan fingerprint density at radius 3 is 2.92 bits per heavy atom. The molecule has 5 nitrogen and oxygen atoms in total. The van der Waals surface area contributed by atoms with Crippen LogP contribution in [0.1, 0.15) is 49.0 Å². The number of amides is 1. The van der Waals surface area contributed by atoms with Gasteiger partial charge < -0.3 is 14.4 Å². The molecule has 1 aromatic carbocycles. The molecule has 1 aromatic rings. The molecular formula is C20H27NO4. The van der Waals surface area contributed by atoms with Gasteiger partial charge in [-0.2, -0.15) is 0 Å². The zero-order chi connectivity index (χ0) is 17.8. The van der Waals surface area contributed by atoms with Crippen molar-refractivity contribution >= 4 is 11.9 Å². The lowest BCUT2D eigenvalue weighted by atomic mass is 10.1. The summed E-state index contributed by atoms with van der Waals surface area (Å²) in [6.45, 7) is 6.41. The highest BCUT2D eigenvalue weighted by Gasteiger charge is 2.45. The summed E-state index contributed by atoms with van der Waals surface area (Å²) in [7, 11) is 0. The number of unbranched alkanes of at least 4 members (excludes halogenated alkanes) is 1. The number of carbonyl (C=O) groups is 2. The summed E-state index contributed by atoms with van der Waals surface area (Å²) in [5, 5.41) is 0. The van der Waals surface area contributed by atoms with Crippen LogP contribution in [0.2, 0.25) is 0 Å². The Labute approximate surface area is 149 Å². The largest absolute Gasteiger partial charge is 0.493 e. The summed E-state index contributed by atoms with van der Waals surface area (Å²) < 4.78 is 10.6. The van der Waals surface area contributed by atoms with Crippen LogP contribution in [0.3, 0.4) is 0 Å². The molecule has 1 aliphatic carbocycles. The van der Waals surface area contributed by atoms with Crippen LogP contribution in [-0.2, 0) is 16.0 Å². The topological polar surface area (TPSA) is 55.8 Å². The van der Waals surface area contributed by atoms with Gasteiger partial charge in [0.25, 0.3) is 5.91 Å². The third-order valence-corrected chi connectivity index (χ3v) is 4.97. The number of esters is 1. The van der Waals surface area contributed by atoms with Crippen molar-refractivity contribution < 1.29 is 19.1 Å². The van der Waals surface area contributed by atoms with E-state index in [2.05, 4.69) is 6.92 Å². The van der Waals surface area contributed by atoms with Crippen molar-refractivity contribution in [2.24, 2.45) is 11.8 Å². The van der Waals surface area contributed by atoms with Gasteiger partial charge in [-0.15, -0.1) is 0 Å². The minimum absolute atomic E-state index is 0.0368. The number of hydrogen-bond acceptors (Lipinski definition) is 4. The monoisotopic (exact) mass is 345 g/mol. The molecule has 0 radical (unpaired) electrons. The molecule has 0 unspecified atom stereocenters. The maximum Gasteiger partial charge on any atom is 0.309 e. The average Bonchev–Trinajstić information content (AvgIpc) is 3.23. The quantitative estimate of drug-likeness (QED) is 0.680. The van der Waals surface area contributed by atoms with Crippen LogP contribution in [0.4, 0.5) is 0 Å². The molecule has 1 aliphatic heterocycles. The molecule has 0 aromatic heterocycles. The molecule has 2 atom stereocenters. The third kappa shape index (κ3) is 4.14. The van der Waals surface area contributed by atoms with Crippen LogP contribution < -0.4 is 4.74 Å². The van der Waals surface area contributed by atoms with Gasteiger partial charge in [0.15, 0.2) is 0 Å². The predicted octanol–water partition coefficient (Wildman–Crippen LogP) is 3.06. The number of nitrogens with zero attached hydrogens (tertiary/aromatic N) is 1. The van der Waals surface area contributed by atoms with Crippen LogP contribution in [0.15, 0.2) is 18.2 Å². The van der Waals surface area contributed by atoms with E-state index < -0.39 is 0 Å². The minimum Gasteiger partial charge on any atom is -0.493 e. The van der Waals surface area contributed by atoms with Gasteiger partial charge in [-0.3, -0.25) is 9.59 Å². The molecule has 0 N–H and O–H groups in total. The van der Waals surface area contributed by atoms with Gasteiger partial charge in [0.2, 0.25) is 0 Å². The fraction of sp³-hybridized carbons (Fsp3) is 0.600. The second kappa shape index (κ2) is 7.89. The Balaban J connectivity index is 1.66. The first-order valence-corrected chi connectivity index (χ1v) is 9.35. The van der Waals surface area contributed by atoms with E-state index in [-0.39, 0.29) is 23.7 Å². The highest BCUT2D eigenvalue weighted by molar-refractivity contribution is 5.94.